The Balaban J connectivity index is 1.50. The number of piperazine rings is 1. The highest BCUT2D eigenvalue weighted by molar-refractivity contribution is 7.73. The highest BCUT2D eigenvalue weighted by Gasteiger charge is 2.20. The van der Waals surface area contributed by atoms with E-state index in [0.717, 1.165) is 31.9 Å². The fraction of sp³-hybridized carbons (Fsp3) is 0.500. The van der Waals surface area contributed by atoms with Crippen molar-refractivity contribution in [1.29, 1.82) is 0 Å². The summed E-state index contributed by atoms with van der Waals surface area (Å²) >= 11 is 6.82. The minimum atomic E-state index is -0.274. The van der Waals surface area contributed by atoms with E-state index in [0.29, 0.717) is 22.3 Å². The first kappa shape index (κ1) is 20.8. The van der Waals surface area contributed by atoms with Crippen LogP contribution in [0.15, 0.2) is 24.3 Å². The Morgan fingerprint density at radius 3 is 2.50 bits per heavy atom. The topological polar surface area (TPSA) is 65.4 Å². The summed E-state index contributed by atoms with van der Waals surface area (Å²) in [5.74, 6) is -0.203. The van der Waals surface area contributed by atoms with Crippen LogP contribution in [0.2, 0.25) is 0 Å². The number of aromatic nitrogens is 2. The van der Waals surface area contributed by atoms with Crippen molar-refractivity contribution in [3.63, 3.8) is 0 Å². The molecule has 1 fully saturated rings. The summed E-state index contributed by atoms with van der Waals surface area (Å²) in [6, 6.07) is 6.30. The zero-order valence-electron chi connectivity index (χ0n) is 16.0. The predicted molar refractivity (Wildman–Crippen MR) is 112 cm³/mol. The number of halogens is 1. The second-order valence-corrected chi connectivity index (χ2v) is 8.69. The van der Waals surface area contributed by atoms with Gasteiger partial charge in [-0.05, 0) is 50.3 Å². The second kappa shape index (κ2) is 9.55. The fourth-order valence-corrected chi connectivity index (χ4v) is 3.96. The maximum atomic E-state index is 13.0. The second-order valence-electron chi connectivity index (χ2n) is 7.06. The number of nitrogens with zero attached hydrogens (tertiary/aromatic N) is 4. The molecule has 0 bridgehead atoms. The zero-order chi connectivity index (χ0) is 20.1. The molecule has 2 N–H and O–H groups in total. The zero-order valence-corrected chi connectivity index (χ0v) is 17.7. The van der Waals surface area contributed by atoms with E-state index < -0.39 is 0 Å². The molecule has 10 heteroatoms. The number of rotatable bonds is 7. The third-order valence-corrected chi connectivity index (χ3v) is 5.54. The van der Waals surface area contributed by atoms with Crippen LogP contribution in [0, 0.1) is 9.77 Å². The van der Waals surface area contributed by atoms with Gasteiger partial charge in [-0.1, -0.05) is 11.3 Å². The lowest BCUT2D eigenvalue weighted by Gasteiger charge is -2.34. The molecule has 1 saturated heterocycles. The summed E-state index contributed by atoms with van der Waals surface area (Å²) in [7, 11) is 0. The van der Waals surface area contributed by atoms with Gasteiger partial charge in [-0.3, -0.25) is 14.6 Å². The quantitative estimate of drug-likeness (QED) is 0.667. The SMILES string of the molecule is CC(C)NC(=O)CN1CCN(Cn2nc(Nc3ccc(F)cc3)sc2=S)CC1. The summed E-state index contributed by atoms with van der Waals surface area (Å²) < 4.78 is 15.5. The Hall–Kier alpha value is -1.88. The Morgan fingerprint density at radius 2 is 1.86 bits per heavy atom. The van der Waals surface area contributed by atoms with E-state index in [9.17, 15) is 9.18 Å². The largest absolute Gasteiger partial charge is 0.353 e. The van der Waals surface area contributed by atoms with Crippen molar-refractivity contribution >= 4 is 40.3 Å². The molecule has 2 heterocycles. The van der Waals surface area contributed by atoms with Crippen LogP contribution in [0.1, 0.15) is 13.8 Å². The van der Waals surface area contributed by atoms with Crippen LogP contribution in [-0.2, 0) is 11.5 Å². The molecule has 1 aliphatic rings. The van der Waals surface area contributed by atoms with Crippen molar-refractivity contribution in [2.75, 3.05) is 38.0 Å². The van der Waals surface area contributed by atoms with Gasteiger partial charge < -0.3 is 10.6 Å². The average Bonchev–Trinajstić information content (AvgIpc) is 2.97. The van der Waals surface area contributed by atoms with Crippen LogP contribution in [0.4, 0.5) is 15.2 Å². The smallest absolute Gasteiger partial charge is 0.234 e. The number of benzene rings is 1. The van der Waals surface area contributed by atoms with Gasteiger partial charge in [0.1, 0.15) is 5.82 Å². The lowest BCUT2D eigenvalue weighted by atomic mass is 10.3. The van der Waals surface area contributed by atoms with Gasteiger partial charge in [-0.2, -0.15) is 0 Å². The molecule has 28 heavy (non-hydrogen) atoms. The molecule has 0 spiro atoms. The van der Waals surface area contributed by atoms with Crippen LogP contribution in [0.3, 0.4) is 0 Å². The number of carbonyl (C=O) groups excluding carboxylic acids is 1. The molecule has 0 saturated carbocycles. The Bertz CT molecular complexity index is 843. The van der Waals surface area contributed by atoms with Crippen molar-refractivity contribution in [2.24, 2.45) is 0 Å². The summed E-state index contributed by atoms with van der Waals surface area (Å²) in [5, 5.41) is 11.3. The van der Waals surface area contributed by atoms with Crippen LogP contribution >= 0.6 is 23.6 Å². The number of anilines is 2. The highest BCUT2D eigenvalue weighted by atomic mass is 32.1. The molecule has 7 nitrogen and oxygen atoms in total. The molecule has 152 valence electrons. The summed E-state index contributed by atoms with van der Waals surface area (Å²) in [6.07, 6.45) is 0. The van der Waals surface area contributed by atoms with E-state index in [1.165, 1.54) is 23.5 Å². The van der Waals surface area contributed by atoms with E-state index >= 15 is 0 Å². The molecule has 2 aromatic rings. The van der Waals surface area contributed by atoms with Gasteiger partial charge in [-0.25, -0.2) is 9.07 Å². The number of hydrogen-bond acceptors (Lipinski definition) is 7. The molecule has 0 atom stereocenters. The summed E-state index contributed by atoms with van der Waals surface area (Å²) in [4.78, 5) is 16.3. The molecule has 0 radical (unpaired) electrons. The van der Waals surface area contributed by atoms with E-state index in [4.69, 9.17) is 12.2 Å². The Kier molecular flexibility index (Phi) is 7.11. The molecule has 0 unspecified atom stereocenters. The van der Waals surface area contributed by atoms with Gasteiger partial charge in [0.2, 0.25) is 11.0 Å². The predicted octanol–water partition coefficient (Wildman–Crippen LogP) is 2.66. The van der Waals surface area contributed by atoms with Crippen molar-refractivity contribution in [2.45, 2.75) is 26.6 Å². The van der Waals surface area contributed by atoms with E-state index in [2.05, 4.69) is 25.5 Å². The molecule has 0 aliphatic carbocycles. The normalized spacial score (nSPS) is 15.7. The van der Waals surface area contributed by atoms with Gasteiger partial charge in [0, 0.05) is 37.9 Å². The third-order valence-electron chi connectivity index (χ3n) is 4.32. The fourth-order valence-electron chi connectivity index (χ4n) is 2.95. The first-order valence-electron chi connectivity index (χ1n) is 9.23. The van der Waals surface area contributed by atoms with Gasteiger partial charge >= 0.3 is 0 Å². The highest BCUT2D eigenvalue weighted by Crippen LogP contribution is 2.21. The molecular formula is C18H25FN6OS2. The lowest BCUT2D eigenvalue weighted by molar-refractivity contribution is -0.123. The van der Waals surface area contributed by atoms with Crippen molar-refractivity contribution in [1.82, 2.24) is 24.9 Å². The van der Waals surface area contributed by atoms with Gasteiger partial charge in [0.15, 0.2) is 3.95 Å². The van der Waals surface area contributed by atoms with Gasteiger partial charge in [-0.15, -0.1) is 5.10 Å². The van der Waals surface area contributed by atoms with E-state index in [1.807, 2.05) is 13.8 Å². The van der Waals surface area contributed by atoms with Crippen molar-refractivity contribution in [3.05, 3.63) is 34.0 Å². The molecule has 1 aromatic heterocycles. The first-order chi connectivity index (χ1) is 13.4. The number of amides is 1. The maximum Gasteiger partial charge on any atom is 0.234 e. The molecule has 1 aromatic carbocycles. The molecule has 1 amide bonds. The van der Waals surface area contributed by atoms with Crippen LogP contribution in [0.5, 0.6) is 0 Å². The minimum absolute atomic E-state index is 0.0710. The lowest BCUT2D eigenvalue weighted by Crippen LogP contribution is -2.50. The van der Waals surface area contributed by atoms with E-state index in [-0.39, 0.29) is 17.8 Å². The maximum absolute atomic E-state index is 13.0. The minimum Gasteiger partial charge on any atom is -0.353 e. The van der Waals surface area contributed by atoms with Gasteiger partial charge in [0.05, 0.1) is 13.2 Å². The van der Waals surface area contributed by atoms with E-state index in [1.54, 1.807) is 16.8 Å². The van der Waals surface area contributed by atoms with Crippen LogP contribution < -0.4 is 10.6 Å². The average molecular weight is 425 g/mol. The standard InChI is InChI=1S/C18H25FN6OS2/c1-13(2)20-16(26)11-23-7-9-24(10-8-23)12-25-18(27)28-17(22-25)21-15-5-3-14(19)4-6-15/h3-6,13H,7-12H2,1-2H3,(H,20,26)(H,21,22). The van der Waals surface area contributed by atoms with Crippen LogP contribution in [0.25, 0.3) is 0 Å². The number of carbonyl (C=O) groups is 1. The monoisotopic (exact) mass is 424 g/mol. The molecule has 3 rings (SSSR count). The Labute approximate surface area is 173 Å². The number of hydrogen-bond donors (Lipinski definition) is 2. The third kappa shape index (κ3) is 6.06. The van der Waals surface area contributed by atoms with Crippen molar-refractivity contribution < 1.29 is 9.18 Å². The summed E-state index contributed by atoms with van der Waals surface area (Å²) in [6.45, 7) is 8.37. The molecule has 1 aliphatic heterocycles. The van der Waals surface area contributed by atoms with Crippen LogP contribution in [-0.4, -0.2) is 64.3 Å². The molecular weight excluding hydrogens is 399 g/mol. The Morgan fingerprint density at radius 1 is 1.21 bits per heavy atom. The first-order valence-corrected chi connectivity index (χ1v) is 10.5. The summed E-state index contributed by atoms with van der Waals surface area (Å²) in [5.41, 5.74) is 0.769. The van der Waals surface area contributed by atoms with Gasteiger partial charge in [0.25, 0.3) is 0 Å². The van der Waals surface area contributed by atoms with Crippen molar-refractivity contribution in [3.8, 4) is 0 Å². The number of nitrogens with one attached hydrogen (secondary N) is 2.